The predicted molar refractivity (Wildman–Crippen MR) is 57.9 cm³/mol. The fraction of sp³-hybridized carbons (Fsp3) is 0.909. The van der Waals surface area contributed by atoms with E-state index in [0.717, 1.165) is 38.8 Å². The highest BCUT2D eigenvalue weighted by atomic mass is 16.2. The molecule has 1 saturated heterocycles. The van der Waals surface area contributed by atoms with E-state index in [1.807, 2.05) is 4.90 Å². The number of likely N-dealkylation sites (tertiary alicyclic amines) is 1. The number of carbonyl (C=O) groups is 1. The second-order valence-corrected chi connectivity index (χ2v) is 4.20. The van der Waals surface area contributed by atoms with Gasteiger partial charge in [-0.25, -0.2) is 0 Å². The van der Waals surface area contributed by atoms with Gasteiger partial charge in [-0.2, -0.15) is 0 Å². The molecule has 0 radical (unpaired) electrons. The normalized spacial score (nSPS) is 22.9. The van der Waals surface area contributed by atoms with Crippen molar-refractivity contribution in [2.45, 2.75) is 45.6 Å². The van der Waals surface area contributed by atoms with Crippen LogP contribution in [0.2, 0.25) is 0 Å². The first-order valence-corrected chi connectivity index (χ1v) is 5.73. The molecule has 0 aromatic rings. The van der Waals surface area contributed by atoms with Gasteiger partial charge in [0.1, 0.15) is 0 Å². The number of rotatable bonds is 3. The average Bonchev–Trinajstić information content (AvgIpc) is 2.19. The van der Waals surface area contributed by atoms with Crippen LogP contribution in [0.3, 0.4) is 0 Å². The molecular weight excluding hydrogens is 176 g/mol. The van der Waals surface area contributed by atoms with E-state index in [9.17, 15) is 4.79 Å². The van der Waals surface area contributed by atoms with Gasteiger partial charge in [-0.05, 0) is 25.7 Å². The highest BCUT2D eigenvalue weighted by Gasteiger charge is 2.25. The van der Waals surface area contributed by atoms with Gasteiger partial charge in [0.2, 0.25) is 5.91 Å². The van der Waals surface area contributed by atoms with E-state index in [0.29, 0.717) is 5.91 Å². The zero-order valence-corrected chi connectivity index (χ0v) is 9.33. The maximum absolute atomic E-state index is 12.0. The van der Waals surface area contributed by atoms with Gasteiger partial charge in [0, 0.05) is 25.0 Å². The summed E-state index contributed by atoms with van der Waals surface area (Å²) in [7, 11) is 0. The third kappa shape index (κ3) is 2.71. The summed E-state index contributed by atoms with van der Waals surface area (Å²) in [5.41, 5.74) is 5.85. The van der Waals surface area contributed by atoms with E-state index < -0.39 is 0 Å². The number of nitrogens with two attached hydrogens (primary N) is 1. The average molecular weight is 198 g/mol. The Morgan fingerprint density at radius 1 is 1.50 bits per heavy atom. The number of nitrogens with zero attached hydrogens (tertiary/aromatic N) is 1. The van der Waals surface area contributed by atoms with E-state index in [1.165, 1.54) is 0 Å². The Morgan fingerprint density at radius 3 is 2.64 bits per heavy atom. The monoisotopic (exact) mass is 198 g/mol. The van der Waals surface area contributed by atoms with Gasteiger partial charge < -0.3 is 10.6 Å². The molecule has 14 heavy (non-hydrogen) atoms. The summed E-state index contributed by atoms with van der Waals surface area (Å²) in [6, 6.07) is 0.196. The second kappa shape index (κ2) is 5.35. The summed E-state index contributed by atoms with van der Waals surface area (Å²) in [6.07, 6.45) is 4.02. The molecule has 3 heteroatoms. The Balaban J connectivity index is 2.50. The van der Waals surface area contributed by atoms with E-state index in [2.05, 4.69) is 13.8 Å². The van der Waals surface area contributed by atoms with Crippen LogP contribution in [-0.4, -0.2) is 29.9 Å². The van der Waals surface area contributed by atoms with Crippen LogP contribution in [0.15, 0.2) is 0 Å². The van der Waals surface area contributed by atoms with E-state index in [1.54, 1.807) is 0 Å². The van der Waals surface area contributed by atoms with Crippen LogP contribution in [0.5, 0.6) is 0 Å². The maximum atomic E-state index is 12.0. The number of piperidine rings is 1. The van der Waals surface area contributed by atoms with E-state index in [-0.39, 0.29) is 12.0 Å². The van der Waals surface area contributed by atoms with Gasteiger partial charge in [0.05, 0.1) is 0 Å². The molecule has 1 rings (SSSR count). The Kier molecular flexibility index (Phi) is 4.39. The lowest BCUT2D eigenvalue weighted by molar-refractivity contribution is -0.136. The molecule has 1 atom stereocenters. The van der Waals surface area contributed by atoms with Crippen molar-refractivity contribution in [1.82, 2.24) is 4.90 Å². The molecule has 0 aliphatic carbocycles. The molecule has 2 N–H and O–H groups in total. The molecule has 0 aromatic heterocycles. The van der Waals surface area contributed by atoms with Crippen LogP contribution in [0.1, 0.15) is 39.5 Å². The zero-order chi connectivity index (χ0) is 10.6. The Labute approximate surface area is 86.6 Å². The van der Waals surface area contributed by atoms with Crippen molar-refractivity contribution in [2.24, 2.45) is 11.7 Å². The molecule has 0 aromatic carbocycles. The molecule has 0 spiro atoms. The summed E-state index contributed by atoms with van der Waals surface area (Å²) >= 11 is 0. The van der Waals surface area contributed by atoms with E-state index in [4.69, 9.17) is 5.73 Å². The van der Waals surface area contributed by atoms with Crippen molar-refractivity contribution in [3.05, 3.63) is 0 Å². The Morgan fingerprint density at radius 2 is 2.14 bits per heavy atom. The lowest BCUT2D eigenvalue weighted by Gasteiger charge is -2.33. The van der Waals surface area contributed by atoms with Gasteiger partial charge >= 0.3 is 0 Å². The van der Waals surface area contributed by atoms with Crippen molar-refractivity contribution < 1.29 is 4.79 Å². The molecule has 1 aliphatic rings. The van der Waals surface area contributed by atoms with Crippen LogP contribution >= 0.6 is 0 Å². The third-order valence-electron chi connectivity index (χ3n) is 3.10. The van der Waals surface area contributed by atoms with E-state index >= 15 is 0 Å². The maximum Gasteiger partial charge on any atom is 0.225 e. The summed E-state index contributed by atoms with van der Waals surface area (Å²) in [6.45, 7) is 5.82. The van der Waals surface area contributed by atoms with Crippen LogP contribution in [0.4, 0.5) is 0 Å². The topological polar surface area (TPSA) is 46.3 Å². The number of hydrogen-bond acceptors (Lipinski definition) is 2. The summed E-state index contributed by atoms with van der Waals surface area (Å²) in [5, 5.41) is 0. The van der Waals surface area contributed by atoms with Crippen LogP contribution in [-0.2, 0) is 4.79 Å². The smallest absolute Gasteiger partial charge is 0.225 e. The van der Waals surface area contributed by atoms with Crippen molar-refractivity contribution in [3.8, 4) is 0 Å². The minimum atomic E-state index is 0.196. The number of hydrogen-bond donors (Lipinski definition) is 1. The fourth-order valence-electron chi connectivity index (χ4n) is 2.11. The van der Waals surface area contributed by atoms with Gasteiger partial charge in [-0.15, -0.1) is 0 Å². The molecule has 1 fully saturated rings. The molecule has 1 heterocycles. The third-order valence-corrected chi connectivity index (χ3v) is 3.10. The van der Waals surface area contributed by atoms with Crippen LogP contribution < -0.4 is 5.73 Å². The quantitative estimate of drug-likeness (QED) is 0.744. The molecule has 1 aliphatic heterocycles. The lowest BCUT2D eigenvalue weighted by atomic mass is 9.99. The van der Waals surface area contributed by atoms with Gasteiger partial charge in [0.25, 0.3) is 0 Å². The molecule has 0 bridgehead atoms. The second-order valence-electron chi connectivity index (χ2n) is 4.20. The van der Waals surface area contributed by atoms with Crippen molar-refractivity contribution in [2.75, 3.05) is 13.1 Å². The number of carbonyl (C=O) groups excluding carboxylic acids is 1. The zero-order valence-electron chi connectivity index (χ0n) is 9.33. The van der Waals surface area contributed by atoms with Gasteiger partial charge in [-0.3, -0.25) is 4.79 Å². The lowest BCUT2D eigenvalue weighted by Crippen LogP contribution is -2.47. The molecule has 0 saturated carbocycles. The molecule has 3 nitrogen and oxygen atoms in total. The molecular formula is C11H22N2O. The fourth-order valence-corrected chi connectivity index (χ4v) is 2.11. The standard InChI is InChI=1S/C11H22N2O/c1-3-9(4-2)11(14)13-7-5-6-10(12)8-13/h9-10H,3-8,12H2,1-2H3/t10-/m1/s1. The molecule has 0 unspecified atom stereocenters. The van der Waals surface area contributed by atoms with Crippen LogP contribution in [0.25, 0.3) is 0 Å². The summed E-state index contributed by atoms with van der Waals surface area (Å²) in [5.74, 6) is 0.519. The highest BCUT2D eigenvalue weighted by molar-refractivity contribution is 5.78. The summed E-state index contributed by atoms with van der Waals surface area (Å²) in [4.78, 5) is 13.9. The SMILES string of the molecule is CCC(CC)C(=O)N1CCC[C@@H](N)C1. The summed E-state index contributed by atoms with van der Waals surface area (Å²) < 4.78 is 0. The Bertz CT molecular complexity index is 190. The van der Waals surface area contributed by atoms with Crippen molar-refractivity contribution in [3.63, 3.8) is 0 Å². The van der Waals surface area contributed by atoms with Crippen LogP contribution in [0, 0.1) is 5.92 Å². The first-order valence-electron chi connectivity index (χ1n) is 5.73. The van der Waals surface area contributed by atoms with Crippen molar-refractivity contribution in [1.29, 1.82) is 0 Å². The first-order chi connectivity index (χ1) is 6.69. The first kappa shape index (κ1) is 11.5. The molecule has 1 amide bonds. The minimum absolute atomic E-state index is 0.196. The van der Waals surface area contributed by atoms with Gasteiger partial charge in [0.15, 0.2) is 0 Å². The number of amides is 1. The predicted octanol–water partition coefficient (Wildman–Crippen LogP) is 1.37. The highest BCUT2D eigenvalue weighted by Crippen LogP contribution is 2.16. The van der Waals surface area contributed by atoms with Crippen molar-refractivity contribution >= 4 is 5.91 Å². The molecule has 82 valence electrons. The van der Waals surface area contributed by atoms with Gasteiger partial charge in [-0.1, -0.05) is 13.8 Å². The Hall–Kier alpha value is -0.570. The minimum Gasteiger partial charge on any atom is -0.341 e. The largest absolute Gasteiger partial charge is 0.341 e.